The molecule has 1 aromatic carbocycles. The van der Waals surface area contributed by atoms with Crippen molar-refractivity contribution in [3.8, 4) is 0 Å². The second-order valence-corrected chi connectivity index (χ2v) is 4.88. The third kappa shape index (κ3) is 3.06. The maximum Gasteiger partial charge on any atom is 0.150 e. The Morgan fingerprint density at radius 2 is 2.38 bits per heavy atom. The zero-order valence-electron chi connectivity index (χ0n) is 8.82. The van der Waals surface area contributed by atoms with E-state index in [-0.39, 0.29) is 11.9 Å². The lowest BCUT2D eigenvalue weighted by atomic mass is 10.2. The van der Waals surface area contributed by atoms with Gasteiger partial charge < -0.3 is 4.74 Å². The highest BCUT2D eigenvalue weighted by Crippen LogP contribution is 2.25. The molecule has 0 saturated carbocycles. The molecule has 1 aliphatic heterocycles. The molecule has 0 aliphatic carbocycles. The number of ether oxygens (including phenoxy) is 1. The molecule has 1 aromatic rings. The largest absolute Gasteiger partial charge is 0.377 e. The second-order valence-electron chi connectivity index (χ2n) is 3.78. The van der Waals surface area contributed by atoms with Crippen molar-refractivity contribution in [2.24, 2.45) is 0 Å². The van der Waals surface area contributed by atoms with E-state index in [1.807, 2.05) is 0 Å². The molecule has 1 saturated heterocycles. The van der Waals surface area contributed by atoms with E-state index in [9.17, 15) is 9.18 Å². The summed E-state index contributed by atoms with van der Waals surface area (Å²) < 4.78 is 18.6. The van der Waals surface area contributed by atoms with Crippen LogP contribution in [-0.4, -0.2) is 24.7 Å². The molecule has 2 nitrogen and oxygen atoms in total. The molecule has 1 unspecified atom stereocenters. The maximum absolute atomic E-state index is 13.1. The van der Waals surface area contributed by atoms with Crippen LogP contribution in [0.2, 0.25) is 0 Å². The molecule has 0 bridgehead atoms. The normalized spacial score (nSPS) is 19.9. The van der Waals surface area contributed by atoms with Crippen molar-refractivity contribution in [3.63, 3.8) is 0 Å². The molecular formula is C12H13FO2S. The zero-order chi connectivity index (χ0) is 11.4. The third-order valence-corrected chi connectivity index (χ3v) is 3.60. The highest BCUT2D eigenvalue weighted by atomic mass is 32.2. The van der Waals surface area contributed by atoms with Crippen LogP contribution in [0.4, 0.5) is 4.39 Å². The van der Waals surface area contributed by atoms with Crippen LogP contribution in [0, 0.1) is 5.82 Å². The number of rotatable bonds is 4. The van der Waals surface area contributed by atoms with Gasteiger partial charge in [-0.3, -0.25) is 4.79 Å². The minimum Gasteiger partial charge on any atom is -0.377 e. The number of aldehydes is 1. The minimum atomic E-state index is -0.362. The van der Waals surface area contributed by atoms with Crippen LogP contribution < -0.4 is 0 Å². The smallest absolute Gasteiger partial charge is 0.150 e. The predicted octanol–water partition coefficient (Wildman–Crippen LogP) is 2.91. The van der Waals surface area contributed by atoms with E-state index in [1.165, 1.54) is 23.9 Å². The first-order valence-electron chi connectivity index (χ1n) is 5.28. The molecule has 4 heteroatoms. The monoisotopic (exact) mass is 240 g/mol. The quantitative estimate of drug-likeness (QED) is 0.598. The van der Waals surface area contributed by atoms with Crippen molar-refractivity contribution in [1.29, 1.82) is 0 Å². The van der Waals surface area contributed by atoms with Crippen LogP contribution in [0.5, 0.6) is 0 Å². The molecule has 0 spiro atoms. The van der Waals surface area contributed by atoms with Crippen molar-refractivity contribution in [2.45, 2.75) is 23.8 Å². The first kappa shape index (κ1) is 11.6. The Balaban J connectivity index is 1.97. The topological polar surface area (TPSA) is 26.3 Å². The summed E-state index contributed by atoms with van der Waals surface area (Å²) in [5, 5.41) is 0. The lowest BCUT2D eigenvalue weighted by molar-refractivity contribution is 0.112. The Hall–Kier alpha value is -0.870. The molecule has 2 rings (SSSR count). The van der Waals surface area contributed by atoms with Gasteiger partial charge in [0.1, 0.15) is 12.1 Å². The molecule has 1 heterocycles. The number of carbonyl (C=O) groups excluding carboxylic acids is 1. The zero-order valence-corrected chi connectivity index (χ0v) is 9.63. The van der Waals surface area contributed by atoms with Crippen molar-refractivity contribution in [2.75, 3.05) is 12.4 Å². The Morgan fingerprint density at radius 1 is 1.50 bits per heavy atom. The fourth-order valence-electron chi connectivity index (χ4n) is 1.70. The number of thioether (sulfide) groups is 1. The standard InChI is InChI=1S/C12H13FO2S/c13-10-4-9(7-14)5-12(6-10)16-8-11-2-1-3-15-11/h4-7,11H,1-3,8H2. The van der Waals surface area contributed by atoms with Gasteiger partial charge in [0, 0.05) is 22.8 Å². The van der Waals surface area contributed by atoms with E-state index in [2.05, 4.69) is 0 Å². The summed E-state index contributed by atoms with van der Waals surface area (Å²) in [4.78, 5) is 11.4. The lowest BCUT2D eigenvalue weighted by Crippen LogP contribution is -2.07. The number of carbonyl (C=O) groups is 1. The first-order chi connectivity index (χ1) is 7.78. The predicted molar refractivity (Wildman–Crippen MR) is 61.5 cm³/mol. The number of hydrogen-bond donors (Lipinski definition) is 0. The molecule has 86 valence electrons. The molecular weight excluding hydrogens is 227 g/mol. The first-order valence-corrected chi connectivity index (χ1v) is 6.26. The van der Waals surface area contributed by atoms with Crippen LogP contribution >= 0.6 is 11.8 Å². The van der Waals surface area contributed by atoms with E-state index in [1.54, 1.807) is 6.07 Å². The molecule has 0 N–H and O–H groups in total. The van der Waals surface area contributed by atoms with E-state index in [0.717, 1.165) is 30.1 Å². The van der Waals surface area contributed by atoms with Gasteiger partial charge in [-0.2, -0.15) is 0 Å². The summed E-state index contributed by atoms with van der Waals surface area (Å²) in [6, 6.07) is 4.39. The van der Waals surface area contributed by atoms with E-state index in [0.29, 0.717) is 11.8 Å². The summed E-state index contributed by atoms with van der Waals surface area (Å²) in [7, 11) is 0. The highest BCUT2D eigenvalue weighted by Gasteiger charge is 2.15. The third-order valence-electron chi connectivity index (χ3n) is 2.49. The van der Waals surface area contributed by atoms with E-state index >= 15 is 0 Å². The van der Waals surface area contributed by atoms with Crippen molar-refractivity contribution >= 4 is 18.0 Å². The van der Waals surface area contributed by atoms with Gasteiger partial charge in [-0.15, -0.1) is 11.8 Å². The van der Waals surface area contributed by atoms with Gasteiger partial charge in [-0.25, -0.2) is 4.39 Å². The SMILES string of the molecule is O=Cc1cc(F)cc(SCC2CCCO2)c1. The summed E-state index contributed by atoms with van der Waals surface area (Å²) in [6.45, 7) is 0.827. The minimum absolute atomic E-state index is 0.271. The molecule has 1 aliphatic rings. The number of benzene rings is 1. The molecule has 0 amide bonds. The molecule has 0 aromatic heterocycles. The van der Waals surface area contributed by atoms with Gasteiger partial charge >= 0.3 is 0 Å². The van der Waals surface area contributed by atoms with Crippen LogP contribution in [0.25, 0.3) is 0 Å². The molecule has 16 heavy (non-hydrogen) atoms. The van der Waals surface area contributed by atoms with Crippen LogP contribution in [0.15, 0.2) is 23.1 Å². The summed E-state index contributed by atoms with van der Waals surface area (Å²) in [5.41, 5.74) is 0.384. The van der Waals surface area contributed by atoms with Gasteiger partial charge in [-0.1, -0.05) is 0 Å². The number of halogens is 1. The fourth-order valence-corrected chi connectivity index (χ4v) is 2.76. The Kier molecular flexibility index (Phi) is 3.96. The molecule has 1 atom stereocenters. The van der Waals surface area contributed by atoms with E-state index < -0.39 is 0 Å². The van der Waals surface area contributed by atoms with Gasteiger partial charge in [-0.05, 0) is 31.0 Å². The van der Waals surface area contributed by atoms with Gasteiger partial charge in [0.15, 0.2) is 0 Å². The number of hydrogen-bond acceptors (Lipinski definition) is 3. The highest BCUT2D eigenvalue weighted by molar-refractivity contribution is 7.99. The van der Waals surface area contributed by atoms with Gasteiger partial charge in [0.2, 0.25) is 0 Å². The van der Waals surface area contributed by atoms with Crippen LogP contribution in [0.3, 0.4) is 0 Å². The van der Waals surface area contributed by atoms with Crippen molar-refractivity contribution in [1.82, 2.24) is 0 Å². The Morgan fingerprint density at radius 3 is 3.06 bits per heavy atom. The van der Waals surface area contributed by atoms with Crippen LogP contribution in [0.1, 0.15) is 23.2 Å². The van der Waals surface area contributed by atoms with Gasteiger partial charge in [0.05, 0.1) is 6.10 Å². The van der Waals surface area contributed by atoms with Crippen molar-refractivity contribution < 1.29 is 13.9 Å². The summed E-state index contributed by atoms with van der Waals surface area (Å²) in [6.07, 6.45) is 3.11. The second kappa shape index (κ2) is 5.46. The lowest BCUT2D eigenvalue weighted by Gasteiger charge is -2.08. The van der Waals surface area contributed by atoms with E-state index in [4.69, 9.17) is 4.74 Å². The summed E-state index contributed by atoms with van der Waals surface area (Å²) >= 11 is 1.54. The molecule has 0 radical (unpaired) electrons. The van der Waals surface area contributed by atoms with Gasteiger partial charge in [0.25, 0.3) is 0 Å². The molecule has 1 fully saturated rings. The maximum atomic E-state index is 13.1. The van der Waals surface area contributed by atoms with Crippen LogP contribution in [-0.2, 0) is 4.74 Å². The Bertz CT molecular complexity index is 375. The Labute approximate surface area is 98.2 Å². The fraction of sp³-hybridized carbons (Fsp3) is 0.417. The summed E-state index contributed by atoms with van der Waals surface area (Å²) in [5.74, 6) is 0.460. The average molecular weight is 240 g/mol. The van der Waals surface area contributed by atoms with Crippen molar-refractivity contribution in [3.05, 3.63) is 29.6 Å². The average Bonchev–Trinajstić information content (AvgIpc) is 2.78.